The Morgan fingerprint density at radius 1 is 1.24 bits per heavy atom. The molecular weight excluding hydrogens is 499 g/mol. The van der Waals surface area contributed by atoms with Gasteiger partial charge in [0, 0.05) is 44.4 Å². The molecule has 0 saturated carbocycles. The van der Waals surface area contributed by atoms with Gasteiger partial charge < -0.3 is 24.8 Å². The van der Waals surface area contributed by atoms with E-state index in [1.54, 1.807) is 53.5 Å². The average Bonchev–Trinajstić information content (AvgIpc) is 3.49. The first-order valence-electron chi connectivity index (χ1n) is 11.5. The summed E-state index contributed by atoms with van der Waals surface area (Å²) in [4.78, 5) is 39.5. The lowest BCUT2D eigenvalue weighted by atomic mass is 9.78. The molecule has 2 aliphatic rings. The van der Waals surface area contributed by atoms with Crippen molar-refractivity contribution >= 4 is 17.8 Å². The first-order chi connectivity index (χ1) is 17.6. The topological polar surface area (TPSA) is 136 Å². The fraction of sp³-hybridized carbons (Fsp3) is 0.522. The molecule has 1 unspecified atom stereocenters. The molecule has 11 nitrogen and oxygen atoms in total. The van der Waals surface area contributed by atoms with E-state index < -0.39 is 12.1 Å². The number of hydrogen-bond acceptors (Lipinski definition) is 7. The molecule has 37 heavy (non-hydrogen) atoms. The van der Waals surface area contributed by atoms with Crippen LogP contribution in [0, 0.1) is 5.92 Å². The normalized spacial score (nSPS) is 18.1. The van der Waals surface area contributed by atoms with Crippen molar-refractivity contribution in [3.8, 4) is 0 Å². The molecular formula is C23H28F3N5O6. The molecule has 0 bridgehead atoms. The van der Waals surface area contributed by atoms with Crippen LogP contribution in [-0.2, 0) is 20.8 Å². The van der Waals surface area contributed by atoms with Gasteiger partial charge in [-0.1, -0.05) is 0 Å². The van der Waals surface area contributed by atoms with E-state index in [1.807, 2.05) is 0 Å². The number of halogens is 3. The van der Waals surface area contributed by atoms with Crippen LogP contribution in [0.3, 0.4) is 0 Å². The Morgan fingerprint density at radius 3 is 2.54 bits per heavy atom. The van der Waals surface area contributed by atoms with Crippen LogP contribution in [0.1, 0.15) is 33.7 Å². The molecule has 0 radical (unpaired) electrons. The first-order valence-corrected chi connectivity index (χ1v) is 11.5. The van der Waals surface area contributed by atoms with Gasteiger partial charge in [0.25, 0.3) is 11.8 Å². The minimum Gasteiger partial charge on any atom is -0.475 e. The second-order valence-electron chi connectivity index (χ2n) is 8.60. The molecule has 2 N–H and O–H groups in total. The highest BCUT2D eigenvalue weighted by atomic mass is 19.4. The van der Waals surface area contributed by atoms with Crippen LogP contribution < -0.4 is 5.32 Å². The van der Waals surface area contributed by atoms with Crippen molar-refractivity contribution in [2.45, 2.75) is 31.2 Å². The van der Waals surface area contributed by atoms with E-state index in [-0.39, 0.29) is 17.4 Å². The highest BCUT2D eigenvalue weighted by Gasteiger charge is 2.54. The second kappa shape index (κ2) is 12.1. The Kier molecular flexibility index (Phi) is 9.21. The molecule has 1 spiro atoms. The van der Waals surface area contributed by atoms with Gasteiger partial charge in [0.05, 0.1) is 26.2 Å². The molecule has 1 atom stereocenters. The van der Waals surface area contributed by atoms with E-state index in [2.05, 4.69) is 15.4 Å². The Balaban J connectivity index is 0.000000479. The molecule has 0 aromatic carbocycles. The third-order valence-corrected chi connectivity index (χ3v) is 6.15. The highest BCUT2D eigenvalue weighted by molar-refractivity contribution is 5.94. The second-order valence-corrected chi connectivity index (χ2v) is 8.60. The van der Waals surface area contributed by atoms with Gasteiger partial charge in [-0.2, -0.15) is 18.3 Å². The molecule has 0 aliphatic carbocycles. The number of carbonyl (C=O) groups is 3. The van der Waals surface area contributed by atoms with Gasteiger partial charge in [0.2, 0.25) is 0 Å². The Morgan fingerprint density at radius 2 is 1.92 bits per heavy atom. The van der Waals surface area contributed by atoms with Crippen molar-refractivity contribution < 1.29 is 42.1 Å². The van der Waals surface area contributed by atoms with Crippen LogP contribution in [0.5, 0.6) is 0 Å². The number of likely N-dealkylation sites (tertiary alicyclic amines) is 1. The quantitative estimate of drug-likeness (QED) is 0.529. The van der Waals surface area contributed by atoms with Crippen LogP contribution in [0.15, 0.2) is 36.8 Å². The SMILES string of the molecule is COCCn1ccc(C(=O)N2CC3(C2)OCCC3CCNC(=O)c2ccncc2)n1.O=C(O)C(F)(F)F. The number of aliphatic carboxylic acids is 1. The molecule has 14 heteroatoms. The van der Waals surface area contributed by atoms with Crippen molar-refractivity contribution in [2.24, 2.45) is 5.92 Å². The predicted octanol–water partition coefficient (Wildman–Crippen LogP) is 1.61. The lowest BCUT2D eigenvalue weighted by molar-refractivity contribution is -0.192. The van der Waals surface area contributed by atoms with Crippen LogP contribution in [0.2, 0.25) is 0 Å². The molecule has 2 fully saturated rings. The largest absolute Gasteiger partial charge is 0.490 e. The summed E-state index contributed by atoms with van der Waals surface area (Å²) >= 11 is 0. The van der Waals surface area contributed by atoms with E-state index in [9.17, 15) is 22.8 Å². The monoisotopic (exact) mass is 527 g/mol. The molecule has 2 amide bonds. The predicted molar refractivity (Wildman–Crippen MR) is 122 cm³/mol. The number of alkyl halides is 3. The van der Waals surface area contributed by atoms with Crippen molar-refractivity contribution in [2.75, 3.05) is 40.0 Å². The van der Waals surface area contributed by atoms with Gasteiger partial charge in [-0.15, -0.1) is 0 Å². The van der Waals surface area contributed by atoms with Crippen LogP contribution >= 0.6 is 0 Å². The van der Waals surface area contributed by atoms with Crippen molar-refractivity contribution in [1.82, 2.24) is 25.0 Å². The Bertz CT molecular complexity index is 1070. The summed E-state index contributed by atoms with van der Waals surface area (Å²) < 4.78 is 44.5. The maximum Gasteiger partial charge on any atom is 0.490 e. The molecule has 2 aliphatic heterocycles. The molecule has 2 aromatic rings. The van der Waals surface area contributed by atoms with E-state index >= 15 is 0 Å². The number of carboxylic acids is 1. The lowest BCUT2D eigenvalue weighted by Crippen LogP contribution is -2.66. The fourth-order valence-corrected chi connectivity index (χ4v) is 4.20. The maximum absolute atomic E-state index is 12.7. The highest BCUT2D eigenvalue weighted by Crippen LogP contribution is 2.41. The van der Waals surface area contributed by atoms with Gasteiger partial charge in [-0.05, 0) is 37.0 Å². The number of carboxylic acid groups (broad SMARTS) is 1. The summed E-state index contributed by atoms with van der Waals surface area (Å²) in [7, 11) is 1.64. The lowest BCUT2D eigenvalue weighted by Gasteiger charge is -2.50. The van der Waals surface area contributed by atoms with E-state index in [0.717, 1.165) is 12.8 Å². The van der Waals surface area contributed by atoms with E-state index in [0.29, 0.717) is 56.6 Å². The van der Waals surface area contributed by atoms with Gasteiger partial charge >= 0.3 is 12.1 Å². The zero-order chi connectivity index (χ0) is 27.1. The molecule has 4 heterocycles. The number of amides is 2. The third-order valence-electron chi connectivity index (χ3n) is 6.15. The van der Waals surface area contributed by atoms with Gasteiger partial charge in [0.15, 0.2) is 0 Å². The van der Waals surface area contributed by atoms with E-state index in [4.69, 9.17) is 19.4 Å². The number of nitrogens with zero attached hydrogens (tertiary/aromatic N) is 4. The molecule has 4 rings (SSSR count). The maximum atomic E-state index is 12.7. The molecule has 202 valence electrons. The number of pyridine rings is 1. The van der Waals surface area contributed by atoms with Crippen LogP contribution in [-0.4, -0.2) is 94.3 Å². The average molecular weight is 528 g/mol. The summed E-state index contributed by atoms with van der Waals surface area (Å²) in [6.45, 7) is 3.57. The summed E-state index contributed by atoms with van der Waals surface area (Å²) in [5, 5.41) is 14.4. The summed E-state index contributed by atoms with van der Waals surface area (Å²) in [6.07, 6.45) is 1.69. The van der Waals surface area contributed by atoms with E-state index in [1.165, 1.54) is 0 Å². The van der Waals surface area contributed by atoms with Gasteiger partial charge in [-0.3, -0.25) is 19.3 Å². The summed E-state index contributed by atoms with van der Waals surface area (Å²) in [6, 6.07) is 5.13. The van der Waals surface area contributed by atoms with Crippen molar-refractivity contribution in [3.05, 3.63) is 48.0 Å². The smallest absolute Gasteiger partial charge is 0.475 e. The number of rotatable bonds is 8. The third kappa shape index (κ3) is 7.26. The number of ether oxygens (including phenoxy) is 2. The number of hydrogen-bond donors (Lipinski definition) is 2. The van der Waals surface area contributed by atoms with Gasteiger partial charge in [-0.25, -0.2) is 4.79 Å². The fourth-order valence-electron chi connectivity index (χ4n) is 4.20. The van der Waals surface area contributed by atoms with Crippen molar-refractivity contribution in [3.63, 3.8) is 0 Å². The van der Waals surface area contributed by atoms with Crippen LogP contribution in [0.25, 0.3) is 0 Å². The van der Waals surface area contributed by atoms with Crippen LogP contribution in [0.4, 0.5) is 13.2 Å². The summed E-state index contributed by atoms with van der Waals surface area (Å²) in [5.41, 5.74) is 0.753. The van der Waals surface area contributed by atoms with Gasteiger partial charge in [0.1, 0.15) is 11.3 Å². The zero-order valence-corrected chi connectivity index (χ0v) is 20.1. The Labute approximate surface area is 210 Å². The number of carbonyl (C=O) groups excluding carboxylic acids is 2. The number of aromatic nitrogens is 3. The molecule has 2 aromatic heterocycles. The number of nitrogens with one attached hydrogen (secondary N) is 1. The summed E-state index contributed by atoms with van der Waals surface area (Å²) in [5.74, 6) is -2.61. The number of methoxy groups -OCH3 is 1. The molecule has 2 saturated heterocycles. The minimum absolute atomic E-state index is 0.0722. The standard InChI is InChI=1S/C21H27N5O4.C2HF3O2/c1-29-13-11-26-10-5-18(24-26)20(28)25-14-21(15-25)17(6-12-30-21)4-9-23-19(27)16-2-7-22-8-3-16;3-2(4,5)1(6)7/h2-3,5,7-8,10,17H,4,6,9,11-15H2,1H3,(H,23,27);(H,6,7). The Hall–Kier alpha value is -3.52. The van der Waals surface area contributed by atoms with Crippen molar-refractivity contribution in [1.29, 1.82) is 0 Å². The minimum atomic E-state index is -5.08. The first kappa shape index (κ1) is 28.1. The zero-order valence-electron chi connectivity index (χ0n) is 20.1.